The maximum Gasteiger partial charge on any atom is 0.143 e. The molecule has 0 atom stereocenters. The quantitative estimate of drug-likeness (QED) is 0.134. The molecule has 0 bridgehead atoms. The maximum atomic E-state index is 6.44. The number of benzene rings is 21. The molecule has 27 rings (SSSR count). The highest BCUT2D eigenvalue weighted by Crippen LogP contribution is 2.50. The summed E-state index contributed by atoms with van der Waals surface area (Å²) in [5, 5.41) is 28.5. The van der Waals surface area contributed by atoms with Crippen LogP contribution in [0.2, 0.25) is 0 Å². The normalized spacial score (nSPS) is 11.7. The fraction of sp³-hybridized carbons (Fsp3) is 0. The van der Waals surface area contributed by atoms with Crippen LogP contribution in [0.15, 0.2) is 469 Å². The average molecular weight is 1640 g/mol. The highest BCUT2D eigenvalue weighted by atomic mass is 16.3. The van der Waals surface area contributed by atoms with Crippen molar-refractivity contribution < 1.29 is 13.3 Å². The van der Waals surface area contributed by atoms with Gasteiger partial charge < -0.3 is 13.3 Å². The van der Waals surface area contributed by atoms with Gasteiger partial charge in [-0.3, -0.25) is 15.0 Å². The van der Waals surface area contributed by atoms with Crippen LogP contribution in [0.25, 0.3) is 263 Å². The molecule has 600 valence electrons. The molecule has 0 fully saturated rings. The van der Waals surface area contributed by atoms with E-state index < -0.39 is 0 Å². The van der Waals surface area contributed by atoms with Gasteiger partial charge in [0.25, 0.3) is 0 Å². The van der Waals surface area contributed by atoms with E-state index in [4.69, 9.17) is 28.2 Å². The lowest BCUT2D eigenvalue weighted by Crippen LogP contribution is -1.92. The molecule has 6 aromatic heterocycles. The van der Waals surface area contributed by atoms with Crippen LogP contribution in [-0.4, -0.2) is 15.0 Å². The predicted molar refractivity (Wildman–Crippen MR) is 541 cm³/mol. The molecule has 27 aromatic rings. The molecule has 0 aliphatic heterocycles. The first-order chi connectivity index (χ1) is 64.0. The number of rotatable bonds is 9. The molecule has 21 aromatic carbocycles. The van der Waals surface area contributed by atoms with Crippen molar-refractivity contribution >= 4 is 163 Å². The van der Waals surface area contributed by atoms with Gasteiger partial charge in [0.1, 0.15) is 33.5 Å². The summed E-state index contributed by atoms with van der Waals surface area (Å²) >= 11 is 0. The van der Waals surface area contributed by atoms with Crippen LogP contribution in [-0.2, 0) is 0 Å². The Hall–Kier alpha value is -17.2. The first-order valence-electron chi connectivity index (χ1n) is 43.9. The van der Waals surface area contributed by atoms with Crippen LogP contribution in [0.4, 0.5) is 0 Å². The number of hydrogen-bond acceptors (Lipinski definition) is 6. The first kappa shape index (κ1) is 74.4. The highest BCUT2D eigenvalue weighted by Gasteiger charge is 2.24. The molecule has 129 heavy (non-hydrogen) atoms. The summed E-state index contributed by atoms with van der Waals surface area (Å²) in [5.74, 6) is 0. The molecule has 6 heterocycles. The number of fused-ring (bicyclic) bond motifs is 21. The van der Waals surface area contributed by atoms with E-state index in [-0.39, 0.29) is 0 Å². The molecule has 6 nitrogen and oxygen atoms in total. The number of hydrogen-bond donors (Lipinski definition) is 0. The van der Waals surface area contributed by atoms with Crippen LogP contribution >= 0.6 is 0 Å². The molecule has 0 N–H and O–H groups in total. The zero-order valence-electron chi connectivity index (χ0n) is 69.9. The Kier molecular flexibility index (Phi) is 17.9. The van der Waals surface area contributed by atoms with Gasteiger partial charge in [-0.2, -0.15) is 0 Å². The van der Waals surface area contributed by atoms with Crippen LogP contribution in [0.3, 0.4) is 0 Å². The second-order valence-corrected chi connectivity index (χ2v) is 33.3. The van der Waals surface area contributed by atoms with E-state index in [0.29, 0.717) is 0 Å². The van der Waals surface area contributed by atoms with Gasteiger partial charge in [0.2, 0.25) is 0 Å². The monoisotopic (exact) mass is 1640 g/mol. The fourth-order valence-corrected chi connectivity index (χ4v) is 20.3. The predicted octanol–water partition coefficient (Wildman–Crippen LogP) is 34.3. The molecule has 0 radical (unpaired) electrons. The summed E-state index contributed by atoms with van der Waals surface area (Å²) in [5.41, 5.74) is 25.9. The Balaban J connectivity index is 0.000000105. The van der Waals surface area contributed by atoms with Crippen molar-refractivity contribution in [1.82, 2.24) is 15.0 Å². The summed E-state index contributed by atoms with van der Waals surface area (Å²) in [4.78, 5) is 15.1. The summed E-state index contributed by atoms with van der Waals surface area (Å²) < 4.78 is 19.2. The third-order valence-electron chi connectivity index (χ3n) is 26.1. The summed E-state index contributed by atoms with van der Waals surface area (Å²) in [6.45, 7) is 0. The fourth-order valence-electron chi connectivity index (χ4n) is 20.3. The number of aromatic nitrogens is 3. The topological polar surface area (TPSA) is 78.1 Å². The second-order valence-electron chi connectivity index (χ2n) is 33.3. The molecule has 0 spiro atoms. The van der Waals surface area contributed by atoms with Gasteiger partial charge >= 0.3 is 0 Å². The van der Waals surface area contributed by atoms with Crippen LogP contribution in [0.5, 0.6) is 0 Å². The minimum Gasteiger partial charge on any atom is -0.455 e. The van der Waals surface area contributed by atoms with Crippen molar-refractivity contribution in [3.05, 3.63) is 455 Å². The van der Waals surface area contributed by atoms with E-state index in [1.165, 1.54) is 131 Å². The zero-order valence-corrected chi connectivity index (χ0v) is 69.9. The standard InChI is InChI=1S/3C41H25NO/c1-2-12-27(13-3-1)38-30-15-6-8-17-32(30)39(33-18-9-7-16-31(33)38)28-22-24-36(42-25-28)34-19-10-20-37-40(34)35-23-21-26-11-4-5-14-29(26)41(35)43-37;1-2-11-27(12-3-1)39-32-14-6-8-16-34(32)40(35-17-9-7-15-33(35)39)29-20-23-37(42-25-29)28-19-21-31-36-22-18-26-10-4-5-13-30(26)41(36)43-38(31)24-28;1-2-11-27(12-3-1)39-31-14-6-8-16-33(31)40(34-17-9-7-15-32(34)39)29-19-22-37(42-25-29)28-20-23-38-36(24-28)35-21-18-26-10-4-5-13-30(26)41(35)43-38/h3*1-25H. The lowest BCUT2D eigenvalue weighted by molar-refractivity contribution is 0.672. The van der Waals surface area contributed by atoms with Crippen molar-refractivity contribution in [2.75, 3.05) is 0 Å². The molecule has 0 saturated heterocycles. The van der Waals surface area contributed by atoms with Crippen molar-refractivity contribution in [3.8, 4) is 101 Å². The van der Waals surface area contributed by atoms with Gasteiger partial charge in [-0.25, -0.2) is 0 Å². The summed E-state index contributed by atoms with van der Waals surface area (Å²) in [7, 11) is 0. The van der Waals surface area contributed by atoms with E-state index >= 15 is 0 Å². The minimum absolute atomic E-state index is 0.878. The third kappa shape index (κ3) is 12.6. The Morgan fingerprint density at radius 1 is 0.147 bits per heavy atom. The Labute approximate surface area is 741 Å². The van der Waals surface area contributed by atoms with Gasteiger partial charge in [0.05, 0.1) is 17.1 Å². The SMILES string of the molecule is c1ccc(-c2c3ccccc3c(-c3ccc(-c4ccc5c(c4)oc4c6ccccc6ccc54)nc3)c3ccccc23)cc1.c1ccc(-c2c3ccccc3c(-c3ccc(-c4ccc5oc6c7ccccc7ccc6c5c4)nc3)c3ccccc23)cc1.c1ccc(-c2c3ccccc3c(-c3ccc(-c4cccc5oc6c7ccccc7ccc6c45)nc3)c3ccccc23)cc1. The van der Waals surface area contributed by atoms with Gasteiger partial charge in [-0.1, -0.05) is 364 Å². The molecule has 0 aliphatic rings. The van der Waals surface area contributed by atoms with E-state index in [0.717, 1.165) is 132 Å². The molecular formula is C123H75N3O3. The number of pyridine rings is 3. The van der Waals surface area contributed by atoms with E-state index in [2.05, 4.69) is 437 Å². The lowest BCUT2D eigenvalue weighted by Gasteiger charge is -2.17. The number of nitrogens with zero attached hydrogens (tertiary/aromatic N) is 3. The van der Waals surface area contributed by atoms with Crippen molar-refractivity contribution in [3.63, 3.8) is 0 Å². The Bertz CT molecular complexity index is 8940. The highest BCUT2D eigenvalue weighted by molar-refractivity contribution is 6.26. The third-order valence-corrected chi connectivity index (χ3v) is 26.1. The molecular weight excluding hydrogens is 1570 g/mol. The van der Waals surface area contributed by atoms with Gasteiger partial charge in [0.15, 0.2) is 0 Å². The summed E-state index contributed by atoms with van der Waals surface area (Å²) in [6.07, 6.45) is 6.07. The molecule has 0 saturated carbocycles. The smallest absolute Gasteiger partial charge is 0.143 e. The van der Waals surface area contributed by atoms with Crippen molar-refractivity contribution in [2.24, 2.45) is 0 Å². The zero-order chi connectivity index (χ0) is 85.0. The molecule has 6 heteroatoms. The minimum atomic E-state index is 0.878. The Morgan fingerprint density at radius 2 is 0.434 bits per heavy atom. The summed E-state index contributed by atoms with van der Waals surface area (Å²) in [6, 6.07) is 155. The van der Waals surface area contributed by atoms with Crippen LogP contribution in [0, 0.1) is 0 Å². The van der Waals surface area contributed by atoms with Gasteiger partial charge in [-0.15, -0.1) is 0 Å². The molecule has 0 amide bonds. The van der Waals surface area contributed by atoms with E-state index in [1.54, 1.807) is 0 Å². The lowest BCUT2D eigenvalue weighted by atomic mass is 9.86. The van der Waals surface area contributed by atoms with Crippen molar-refractivity contribution in [1.29, 1.82) is 0 Å². The second kappa shape index (κ2) is 30.9. The maximum absolute atomic E-state index is 6.44. The van der Waals surface area contributed by atoms with Crippen LogP contribution < -0.4 is 0 Å². The van der Waals surface area contributed by atoms with E-state index in [9.17, 15) is 0 Å². The van der Waals surface area contributed by atoms with Crippen molar-refractivity contribution in [2.45, 2.75) is 0 Å². The average Bonchev–Trinajstić information content (AvgIpc) is 1.40. The van der Waals surface area contributed by atoms with Gasteiger partial charge in [0, 0.05) is 100 Å². The van der Waals surface area contributed by atoms with E-state index in [1.807, 2.05) is 18.6 Å². The molecule has 0 aliphatic carbocycles. The van der Waals surface area contributed by atoms with Gasteiger partial charge in [-0.05, 0) is 204 Å². The molecule has 0 unspecified atom stereocenters. The largest absolute Gasteiger partial charge is 0.455 e. The van der Waals surface area contributed by atoms with Crippen LogP contribution in [0.1, 0.15) is 0 Å². The number of furan rings is 3. The Morgan fingerprint density at radius 3 is 0.814 bits per heavy atom. The first-order valence-corrected chi connectivity index (χ1v) is 43.9.